The lowest BCUT2D eigenvalue weighted by Crippen LogP contribution is -2.32. The predicted molar refractivity (Wildman–Crippen MR) is 82.6 cm³/mol. The van der Waals surface area contributed by atoms with E-state index in [-0.39, 0.29) is 18.3 Å². The van der Waals surface area contributed by atoms with E-state index in [1.165, 1.54) is 0 Å². The van der Waals surface area contributed by atoms with Crippen LogP contribution in [-0.2, 0) is 4.79 Å². The van der Waals surface area contributed by atoms with E-state index < -0.39 is 6.04 Å². The highest BCUT2D eigenvalue weighted by atomic mass is 35.5. The van der Waals surface area contributed by atoms with Crippen LogP contribution in [0, 0.1) is 13.8 Å². The number of nitrogens with zero attached hydrogens (tertiary/aromatic N) is 2. The largest absolute Gasteiger partial charge is 0.323 e. The van der Waals surface area contributed by atoms with Crippen LogP contribution in [0.2, 0.25) is 0 Å². The van der Waals surface area contributed by atoms with Crippen LogP contribution in [-0.4, -0.2) is 21.7 Å². The lowest BCUT2D eigenvalue weighted by molar-refractivity contribution is -0.117. The molecule has 2 aromatic rings. The van der Waals surface area contributed by atoms with Crippen LogP contribution in [0.25, 0.3) is 5.69 Å². The summed E-state index contributed by atoms with van der Waals surface area (Å²) in [5.41, 5.74) is 9.06. The molecule has 1 amide bonds. The molecule has 2 rings (SSSR count). The van der Waals surface area contributed by atoms with Crippen LogP contribution in [0.3, 0.4) is 0 Å². The van der Waals surface area contributed by atoms with E-state index in [1.807, 2.05) is 48.9 Å². The average Bonchev–Trinajstić information content (AvgIpc) is 2.69. The molecule has 0 fully saturated rings. The first kappa shape index (κ1) is 16.2. The molecule has 1 atom stereocenters. The topological polar surface area (TPSA) is 72.9 Å². The van der Waals surface area contributed by atoms with Gasteiger partial charge >= 0.3 is 0 Å². The quantitative estimate of drug-likeness (QED) is 0.911. The second-order valence-electron chi connectivity index (χ2n) is 4.63. The number of hydrogen-bond acceptors (Lipinski definition) is 3. The van der Waals surface area contributed by atoms with Gasteiger partial charge in [0.15, 0.2) is 0 Å². The standard InChI is InChI=1S/C14H18N4O.ClH/c1-9-8-10(2)18(17-9)13-7-5-4-6-12(13)16-14(19)11(3)15;/h4-8,11H,15H2,1-3H3,(H,16,19);1H/t11-;/m0./s1. The maximum absolute atomic E-state index is 11.7. The number of aromatic nitrogens is 2. The Hall–Kier alpha value is -1.85. The van der Waals surface area contributed by atoms with Crippen molar-refractivity contribution in [1.29, 1.82) is 0 Å². The fourth-order valence-corrected chi connectivity index (χ4v) is 1.88. The Morgan fingerprint density at radius 1 is 1.35 bits per heavy atom. The first-order valence-corrected chi connectivity index (χ1v) is 6.18. The molecule has 1 aromatic heterocycles. The summed E-state index contributed by atoms with van der Waals surface area (Å²) in [7, 11) is 0. The zero-order valence-corrected chi connectivity index (χ0v) is 12.6. The molecule has 1 heterocycles. The summed E-state index contributed by atoms with van der Waals surface area (Å²) in [5.74, 6) is -0.214. The van der Waals surface area contributed by atoms with Gasteiger partial charge in [-0.15, -0.1) is 12.4 Å². The van der Waals surface area contributed by atoms with Gasteiger partial charge in [0.2, 0.25) is 5.91 Å². The number of para-hydroxylation sites is 2. The number of hydrogen-bond donors (Lipinski definition) is 2. The third-order valence-corrected chi connectivity index (χ3v) is 2.81. The molecule has 5 nitrogen and oxygen atoms in total. The maximum Gasteiger partial charge on any atom is 0.241 e. The van der Waals surface area contributed by atoms with Crippen molar-refractivity contribution in [1.82, 2.24) is 9.78 Å². The van der Waals surface area contributed by atoms with Gasteiger partial charge in [-0.2, -0.15) is 5.10 Å². The van der Waals surface area contributed by atoms with Crippen LogP contribution < -0.4 is 11.1 Å². The Bertz CT molecular complexity index is 607. The summed E-state index contributed by atoms with van der Waals surface area (Å²) in [4.78, 5) is 11.7. The van der Waals surface area contributed by atoms with Crippen molar-refractivity contribution < 1.29 is 4.79 Å². The fourth-order valence-electron chi connectivity index (χ4n) is 1.88. The summed E-state index contributed by atoms with van der Waals surface area (Å²) < 4.78 is 1.81. The number of halogens is 1. The molecule has 0 aliphatic heterocycles. The molecule has 6 heteroatoms. The highest BCUT2D eigenvalue weighted by molar-refractivity contribution is 5.96. The van der Waals surface area contributed by atoms with Gasteiger partial charge in [-0.25, -0.2) is 4.68 Å². The number of rotatable bonds is 3. The third-order valence-electron chi connectivity index (χ3n) is 2.81. The first-order chi connectivity index (χ1) is 8.99. The summed E-state index contributed by atoms with van der Waals surface area (Å²) in [6.45, 7) is 5.57. The Morgan fingerprint density at radius 2 is 2.00 bits per heavy atom. The number of nitrogens with two attached hydrogens (primary N) is 1. The van der Waals surface area contributed by atoms with E-state index in [4.69, 9.17) is 5.73 Å². The third kappa shape index (κ3) is 3.37. The molecule has 0 spiro atoms. The number of carbonyl (C=O) groups is 1. The van der Waals surface area contributed by atoms with Gasteiger partial charge in [0.1, 0.15) is 0 Å². The Morgan fingerprint density at radius 3 is 2.55 bits per heavy atom. The van der Waals surface area contributed by atoms with Crippen molar-refractivity contribution in [3.63, 3.8) is 0 Å². The zero-order valence-electron chi connectivity index (χ0n) is 11.8. The molecule has 108 valence electrons. The smallest absolute Gasteiger partial charge is 0.241 e. The molecule has 3 N–H and O–H groups in total. The second kappa shape index (κ2) is 6.54. The summed E-state index contributed by atoms with van der Waals surface area (Å²) in [6, 6.07) is 8.97. The van der Waals surface area contributed by atoms with Crippen molar-refractivity contribution in [3.8, 4) is 5.69 Å². The second-order valence-corrected chi connectivity index (χ2v) is 4.63. The molecular weight excluding hydrogens is 276 g/mol. The van der Waals surface area contributed by atoms with Crippen molar-refractivity contribution in [2.24, 2.45) is 5.73 Å². The van der Waals surface area contributed by atoms with Crippen molar-refractivity contribution in [2.45, 2.75) is 26.8 Å². The van der Waals surface area contributed by atoms with Crippen molar-refractivity contribution in [2.75, 3.05) is 5.32 Å². The van der Waals surface area contributed by atoms with E-state index in [1.54, 1.807) is 6.92 Å². The first-order valence-electron chi connectivity index (χ1n) is 6.18. The van der Waals surface area contributed by atoms with Gasteiger partial charge in [0.25, 0.3) is 0 Å². The molecule has 0 aliphatic rings. The monoisotopic (exact) mass is 294 g/mol. The molecule has 0 saturated carbocycles. The molecule has 0 unspecified atom stereocenters. The Labute approximate surface area is 124 Å². The minimum Gasteiger partial charge on any atom is -0.323 e. The number of anilines is 1. The highest BCUT2D eigenvalue weighted by Crippen LogP contribution is 2.21. The number of nitrogens with one attached hydrogen (secondary N) is 1. The number of carbonyl (C=O) groups excluding carboxylic acids is 1. The summed E-state index contributed by atoms with van der Waals surface area (Å²) >= 11 is 0. The molecule has 0 radical (unpaired) electrons. The van der Waals surface area contributed by atoms with Crippen molar-refractivity contribution in [3.05, 3.63) is 41.7 Å². The molecule has 0 aliphatic carbocycles. The van der Waals surface area contributed by atoms with Gasteiger partial charge in [-0.3, -0.25) is 4.79 Å². The van der Waals surface area contributed by atoms with Gasteiger partial charge in [-0.05, 0) is 39.0 Å². The summed E-state index contributed by atoms with van der Waals surface area (Å²) in [5, 5.41) is 7.25. The van der Waals surface area contributed by atoms with Gasteiger partial charge in [-0.1, -0.05) is 12.1 Å². The summed E-state index contributed by atoms with van der Waals surface area (Å²) in [6.07, 6.45) is 0. The van der Waals surface area contributed by atoms with Crippen LogP contribution in [0.5, 0.6) is 0 Å². The van der Waals surface area contributed by atoms with E-state index in [2.05, 4.69) is 10.4 Å². The van der Waals surface area contributed by atoms with Crippen molar-refractivity contribution >= 4 is 24.0 Å². The van der Waals surface area contributed by atoms with Crippen LogP contribution >= 0.6 is 12.4 Å². The van der Waals surface area contributed by atoms with Gasteiger partial charge in [0.05, 0.1) is 23.1 Å². The SMILES string of the molecule is Cc1cc(C)n(-c2ccccc2NC(=O)[C@H](C)N)n1.Cl. The average molecular weight is 295 g/mol. The minimum absolute atomic E-state index is 0. The van der Waals surface area contributed by atoms with Crippen LogP contribution in [0.4, 0.5) is 5.69 Å². The van der Waals surface area contributed by atoms with Crippen LogP contribution in [0.15, 0.2) is 30.3 Å². The highest BCUT2D eigenvalue weighted by Gasteiger charge is 2.12. The molecule has 0 saturated heterocycles. The zero-order chi connectivity index (χ0) is 14.0. The van der Waals surface area contributed by atoms with Crippen LogP contribution in [0.1, 0.15) is 18.3 Å². The predicted octanol–water partition coefficient (Wildman–Crippen LogP) is 2.20. The lowest BCUT2D eigenvalue weighted by Gasteiger charge is -2.13. The fraction of sp³-hybridized carbons (Fsp3) is 0.286. The maximum atomic E-state index is 11.7. The van der Waals surface area contributed by atoms with E-state index in [0.717, 1.165) is 17.1 Å². The Kier molecular flexibility index (Phi) is 5.30. The molecule has 0 bridgehead atoms. The lowest BCUT2D eigenvalue weighted by atomic mass is 10.2. The Balaban J connectivity index is 0.00000200. The normalized spacial score (nSPS) is 11.6. The number of amides is 1. The van der Waals surface area contributed by atoms with E-state index >= 15 is 0 Å². The minimum atomic E-state index is -0.548. The van der Waals surface area contributed by atoms with Gasteiger partial charge < -0.3 is 11.1 Å². The molecule has 20 heavy (non-hydrogen) atoms. The van der Waals surface area contributed by atoms with E-state index in [0.29, 0.717) is 5.69 Å². The molecular formula is C14H19ClN4O. The van der Waals surface area contributed by atoms with E-state index in [9.17, 15) is 4.79 Å². The molecule has 1 aromatic carbocycles. The number of benzene rings is 1. The van der Waals surface area contributed by atoms with Gasteiger partial charge in [0, 0.05) is 5.69 Å². The number of aryl methyl sites for hydroxylation is 2.